The lowest BCUT2D eigenvalue weighted by Crippen LogP contribution is -2.51. The summed E-state index contributed by atoms with van der Waals surface area (Å²) in [5, 5.41) is 3.24. The van der Waals surface area contributed by atoms with Crippen molar-refractivity contribution in [1.29, 1.82) is 0 Å². The second-order valence-corrected chi connectivity index (χ2v) is 11.0. The Morgan fingerprint density at radius 2 is 1.74 bits per heavy atom. The molecule has 1 aromatic carbocycles. The van der Waals surface area contributed by atoms with Gasteiger partial charge in [-0.15, -0.1) is 0 Å². The Morgan fingerprint density at radius 1 is 1.06 bits per heavy atom. The molecule has 0 spiro atoms. The van der Waals surface area contributed by atoms with E-state index in [9.17, 15) is 13.2 Å². The number of carbonyl (C=O) groups excluding carboxylic acids is 1. The van der Waals surface area contributed by atoms with Gasteiger partial charge >= 0.3 is 0 Å². The molecule has 2 heterocycles. The van der Waals surface area contributed by atoms with Gasteiger partial charge in [-0.3, -0.25) is 9.69 Å². The number of nitrogens with zero attached hydrogens (tertiary/aromatic N) is 3. The molecule has 3 rings (SSSR count). The largest absolute Gasteiger partial charge is 0.339 e. The highest BCUT2D eigenvalue weighted by atomic mass is 32.2. The third-order valence-electron chi connectivity index (χ3n) is 6.77. The molecule has 1 amide bonds. The van der Waals surface area contributed by atoms with Crippen molar-refractivity contribution >= 4 is 15.9 Å². The zero-order valence-corrected chi connectivity index (χ0v) is 20.3. The number of piperidine rings is 1. The lowest BCUT2D eigenvalue weighted by Gasteiger charge is -2.35. The van der Waals surface area contributed by atoms with Crippen molar-refractivity contribution in [2.45, 2.75) is 57.9 Å². The van der Waals surface area contributed by atoms with Crippen molar-refractivity contribution in [3.8, 4) is 0 Å². The minimum atomic E-state index is -3.78. The zero-order chi connectivity index (χ0) is 22.6. The molecule has 31 heavy (non-hydrogen) atoms. The van der Waals surface area contributed by atoms with Crippen molar-refractivity contribution < 1.29 is 13.2 Å². The van der Waals surface area contributed by atoms with Gasteiger partial charge in [-0.05, 0) is 69.8 Å². The van der Waals surface area contributed by atoms with Gasteiger partial charge in [0.25, 0.3) is 0 Å². The first-order valence-electron chi connectivity index (χ1n) is 11.5. The van der Waals surface area contributed by atoms with Gasteiger partial charge in [0, 0.05) is 45.3 Å². The number of hydrogen-bond acceptors (Lipinski definition) is 5. The minimum absolute atomic E-state index is 0.100. The molecule has 7 nitrogen and oxygen atoms in total. The van der Waals surface area contributed by atoms with E-state index in [1.807, 2.05) is 26.8 Å². The normalized spacial score (nSPS) is 20.9. The maximum Gasteiger partial charge on any atom is 0.243 e. The van der Waals surface area contributed by atoms with Crippen molar-refractivity contribution in [2.24, 2.45) is 0 Å². The molecule has 0 radical (unpaired) electrons. The van der Waals surface area contributed by atoms with Crippen molar-refractivity contribution in [3.05, 3.63) is 28.8 Å². The fraction of sp³-hybridized carbons (Fsp3) is 0.696. The van der Waals surface area contributed by atoms with E-state index < -0.39 is 10.0 Å². The first kappa shape index (κ1) is 24.2. The molecule has 8 heteroatoms. The van der Waals surface area contributed by atoms with Crippen LogP contribution in [0.1, 0.15) is 42.9 Å². The van der Waals surface area contributed by atoms with E-state index in [0.717, 1.165) is 49.2 Å². The number of piperazine rings is 1. The molecule has 1 N–H and O–H groups in total. The SMILES string of the molecule is Cc1cc(C)c(S(=O)(=O)N(CCN2CCCC[C@@H]2C)CC(=O)N2CCNCC2)cc1C. The third-order valence-corrected chi connectivity index (χ3v) is 8.75. The van der Waals surface area contributed by atoms with E-state index in [1.165, 1.54) is 10.7 Å². The summed E-state index contributed by atoms with van der Waals surface area (Å²) in [5.41, 5.74) is 2.75. The Hall–Kier alpha value is -1.48. The number of rotatable bonds is 7. The molecule has 1 aromatic rings. The summed E-state index contributed by atoms with van der Waals surface area (Å²) in [6.07, 6.45) is 3.51. The Labute approximate surface area is 187 Å². The van der Waals surface area contributed by atoms with Crippen LogP contribution < -0.4 is 5.32 Å². The molecule has 0 saturated carbocycles. The van der Waals surface area contributed by atoms with E-state index in [1.54, 1.807) is 11.0 Å². The van der Waals surface area contributed by atoms with Gasteiger partial charge in [-0.25, -0.2) is 8.42 Å². The van der Waals surface area contributed by atoms with E-state index in [0.29, 0.717) is 37.1 Å². The molecule has 2 aliphatic heterocycles. The fourth-order valence-corrected chi connectivity index (χ4v) is 6.20. The van der Waals surface area contributed by atoms with Crippen LogP contribution in [0.25, 0.3) is 0 Å². The van der Waals surface area contributed by atoms with Gasteiger partial charge in [0.1, 0.15) is 0 Å². The molecule has 0 bridgehead atoms. The third kappa shape index (κ3) is 5.86. The Kier molecular flexibility index (Phi) is 8.13. The predicted molar refractivity (Wildman–Crippen MR) is 124 cm³/mol. The Morgan fingerprint density at radius 3 is 2.42 bits per heavy atom. The second kappa shape index (κ2) is 10.4. The predicted octanol–water partition coefficient (Wildman–Crippen LogP) is 1.91. The first-order chi connectivity index (χ1) is 14.7. The standard InChI is InChI=1S/C23H38N4O3S/c1-18-15-20(3)22(16-19(18)2)31(29,30)27(14-13-25-10-6-5-7-21(25)4)17-23(28)26-11-8-24-9-12-26/h15-16,21,24H,5-14,17H2,1-4H3/t21-/m0/s1. The smallest absolute Gasteiger partial charge is 0.243 e. The van der Waals surface area contributed by atoms with Gasteiger partial charge in [0.2, 0.25) is 15.9 Å². The molecule has 0 aliphatic carbocycles. The monoisotopic (exact) mass is 450 g/mol. The summed E-state index contributed by atoms with van der Waals surface area (Å²) in [6, 6.07) is 4.13. The quantitative estimate of drug-likeness (QED) is 0.687. The van der Waals surface area contributed by atoms with Crippen LogP contribution >= 0.6 is 0 Å². The summed E-state index contributed by atoms with van der Waals surface area (Å²) in [5.74, 6) is -0.113. The molecular weight excluding hydrogens is 412 g/mol. The van der Waals surface area contributed by atoms with Gasteiger partial charge < -0.3 is 10.2 Å². The van der Waals surface area contributed by atoms with E-state index in [-0.39, 0.29) is 12.5 Å². The summed E-state index contributed by atoms with van der Waals surface area (Å²) < 4.78 is 28.8. The highest BCUT2D eigenvalue weighted by molar-refractivity contribution is 7.89. The highest BCUT2D eigenvalue weighted by Crippen LogP contribution is 2.24. The number of benzene rings is 1. The van der Waals surface area contributed by atoms with Gasteiger partial charge in [-0.1, -0.05) is 12.5 Å². The second-order valence-electron chi connectivity index (χ2n) is 9.05. The van der Waals surface area contributed by atoms with Crippen LogP contribution in [-0.4, -0.2) is 86.8 Å². The first-order valence-corrected chi connectivity index (χ1v) is 12.9. The molecule has 1 atom stereocenters. The minimum Gasteiger partial charge on any atom is -0.339 e. The number of hydrogen-bond donors (Lipinski definition) is 1. The highest BCUT2D eigenvalue weighted by Gasteiger charge is 2.31. The van der Waals surface area contributed by atoms with Crippen LogP contribution in [0.3, 0.4) is 0 Å². The summed E-state index contributed by atoms with van der Waals surface area (Å²) >= 11 is 0. The number of nitrogens with one attached hydrogen (secondary N) is 1. The number of carbonyl (C=O) groups is 1. The number of likely N-dealkylation sites (tertiary alicyclic amines) is 1. The Balaban J connectivity index is 1.84. The topological polar surface area (TPSA) is 73.0 Å². The molecule has 2 aliphatic rings. The molecule has 2 saturated heterocycles. The zero-order valence-electron chi connectivity index (χ0n) is 19.5. The van der Waals surface area contributed by atoms with Gasteiger partial charge in [0.15, 0.2) is 0 Å². The average Bonchev–Trinajstić information content (AvgIpc) is 2.75. The average molecular weight is 451 g/mol. The fourth-order valence-electron chi connectivity index (χ4n) is 4.53. The molecule has 0 unspecified atom stereocenters. The van der Waals surface area contributed by atoms with Crippen LogP contribution in [0.2, 0.25) is 0 Å². The molecule has 2 fully saturated rings. The van der Waals surface area contributed by atoms with Crippen molar-refractivity contribution in [2.75, 3.05) is 52.4 Å². The maximum absolute atomic E-state index is 13.7. The van der Waals surface area contributed by atoms with E-state index in [2.05, 4.69) is 17.1 Å². The maximum atomic E-state index is 13.7. The van der Waals surface area contributed by atoms with Crippen LogP contribution in [0.15, 0.2) is 17.0 Å². The summed E-state index contributed by atoms with van der Waals surface area (Å²) in [7, 11) is -3.78. The van der Waals surface area contributed by atoms with Crippen molar-refractivity contribution in [1.82, 2.24) is 19.4 Å². The van der Waals surface area contributed by atoms with Crippen molar-refractivity contribution in [3.63, 3.8) is 0 Å². The van der Waals surface area contributed by atoms with Crippen LogP contribution in [0.5, 0.6) is 0 Å². The summed E-state index contributed by atoms with van der Waals surface area (Å²) in [6.45, 7) is 12.6. The van der Waals surface area contributed by atoms with Gasteiger partial charge in [0.05, 0.1) is 11.4 Å². The van der Waals surface area contributed by atoms with E-state index in [4.69, 9.17) is 0 Å². The number of aryl methyl sites for hydroxylation is 3. The molecule has 174 valence electrons. The van der Waals surface area contributed by atoms with Crippen LogP contribution in [0, 0.1) is 20.8 Å². The summed E-state index contributed by atoms with van der Waals surface area (Å²) in [4.78, 5) is 17.4. The lowest BCUT2D eigenvalue weighted by molar-refractivity contribution is -0.132. The van der Waals surface area contributed by atoms with Crippen LogP contribution in [0.4, 0.5) is 0 Å². The van der Waals surface area contributed by atoms with E-state index >= 15 is 0 Å². The Bertz CT molecular complexity index is 881. The van der Waals surface area contributed by atoms with Gasteiger partial charge in [-0.2, -0.15) is 4.31 Å². The number of amides is 1. The number of sulfonamides is 1. The van der Waals surface area contributed by atoms with Crippen LogP contribution in [-0.2, 0) is 14.8 Å². The molecular formula is C23H38N4O3S. The molecule has 0 aromatic heterocycles. The lowest BCUT2D eigenvalue weighted by atomic mass is 10.0.